The van der Waals surface area contributed by atoms with Gasteiger partial charge in [-0.15, -0.1) is 11.8 Å². The van der Waals surface area contributed by atoms with Crippen molar-refractivity contribution in [1.29, 1.82) is 0 Å². The van der Waals surface area contributed by atoms with Gasteiger partial charge in [-0.25, -0.2) is 4.79 Å². The average molecular weight is 421 g/mol. The smallest absolute Gasteiger partial charge is 0.352 e. The van der Waals surface area contributed by atoms with Crippen LogP contribution in [0.15, 0.2) is 35.5 Å². The summed E-state index contributed by atoms with van der Waals surface area (Å²) < 4.78 is 4.87. The molecule has 1 aromatic carbocycles. The van der Waals surface area contributed by atoms with Gasteiger partial charge in [0.2, 0.25) is 5.91 Å². The molecule has 0 bridgehead atoms. The molecule has 0 saturated carbocycles. The lowest BCUT2D eigenvalue weighted by atomic mass is 10.0. The van der Waals surface area contributed by atoms with E-state index in [1.165, 1.54) is 43.0 Å². The number of aromatic hydroxyl groups is 1. The highest BCUT2D eigenvalue weighted by Crippen LogP contribution is 2.40. The molecule has 2 aliphatic heterocycles. The number of phenols is 1. The van der Waals surface area contributed by atoms with Crippen LogP contribution >= 0.6 is 11.8 Å². The van der Waals surface area contributed by atoms with Crippen molar-refractivity contribution in [2.24, 2.45) is 5.73 Å². The molecule has 1 aromatic rings. The number of hydrogen-bond acceptors (Lipinski definition) is 8. The highest BCUT2D eigenvalue weighted by atomic mass is 32.2. The second-order valence-corrected chi connectivity index (χ2v) is 7.61. The Kier molecular flexibility index (Phi) is 5.80. The minimum atomic E-state index is -1.31. The number of amides is 2. The summed E-state index contributed by atoms with van der Waals surface area (Å²) in [6.07, 6.45) is 0. The molecule has 0 radical (unpaired) electrons. The molecule has 1 fully saturated rings. The molecular weight excluding hydrogens is 402 g/mol. The van der Waals surface area contributed by atoms with Gasteiger partial charge in [-0.3, -0.25) is 19.3 Å². The van der Waals surface area contributed by atoms with Crippen LogP contribution in [0.2, 0.25) is 0 Å². The van der Waals surface area contributed by atoms with E-state index in [9.17, 15) is 29.4 Å². The summed E-state index contributed by atoms with van der Waals surface area (Å²) >= 11 is 1.26. The molecule has 0 spiro atoms. The maximum Gasteiger partial charge on any atom is 0.352 e. The van der Waals surface area contributed by atoms with Crippen LogP contribution < -0.4 is 11.1 Å². The number of nitrogens with one attached hydrogen (secondary N) is 1. The number of carboxylic acid groups (broad SMARTS) is 1. The molecule has 1 saturated heterocycles. The number of carbonyl (C=O) groups excluding carboxylic acids is 3. The first-order valence-electron chi connectivity index (χ1n) is 8.59. The number of phenolic OH excluding ortho intramolecular Hbond substituents is 1. The Morgan fingerprint density at radius 1 is 1.34 bits per heavy atom. The Balaban J connectivity index is 1.71. The summed E-state index contributed by atoms with van der Waals surface area (Å²) in [7, 11) is 0. The van der Waals surface area contributed by atoms with Crippen molar-refractivity contribution in [1.82, 2.24) is 10.2 Å². The van der Waals surface area contributed by atoms with Crippen molar-refractivity contribution in [3.63, 3.8) is 0 Å². The van der Waals surface area contributed by atoms with Crippen LogP contribution in [-0.2, 0) is 23.9 Å². The molecule has 154 valence electrons. The first-order valence-corrected chi connectivity index (χ1v) is 9.63. The number of ether oxygens (including phenoxy) is 1. The first kappa shape index (κ1) is 20.7. The van der Waals surface area contributed by atoms with Crippen molar-refractivity contribution in [3.8, 4) is 5.75 Å². The average Bonchev–Trinajstić information content (AvgIpc) is 2.69. The lowest BCUT2D eigenvalue weighted by Gasteiger charge is -2.49. The number of benzene rings is 1. The molecule has 3 rings (SSSR count). The van der Waals surface area contributed by atoms with Crippen molar-refractivity contribution in [2.45, 2.75) is 24.4 Å². The summed E-state index contributed by atoms with van der Waals surface area (Å²) in [6, 6.07) is 3.81. The predicted octanol–water partition coefficient (Wildman–Crippen LogP) is -0.306. The molecule has 2 heterocycles. The molecule has 0 aliphatic carbocycles. The third-order valence-corrected chi connectivity index (χ3v) is 5.87. The Morgan fingerprint density at radius 3 is 2.59 bits per heavy atom. The van der Waals surface area contributed by atoms with Crippen LogP contribution in [0.25, 0.3) is 0 Å². The molecule has 3 unspecified atom stereocenters. The number of rotatable bonds is 6. The maximum absolute atomic E-state index is 12.6. The van der Waals surface area contributed by atoms with E-state index in [0.29, 0.717) is 11.1 Å². The highest BCUT2D eigenvalue weighted by molar-refractivity contribution is 8.00. The van der Waals surface area contributed by atoms with E-state index in [1.807, 2.05) is 0 Å². The van der Waals surface area contributed by atoms with Crippen molar-refractivity contribution < 1.29 is 34.1 Å². The van der Waals surface area contributed by atoms with Gasteiger partial charge in [0.05, 0.1) is 0 Å². The first-order chi connectivity index (χ1) is 13.7. The van der Waals surface area contributed by atoms with Crippen LogP contribution in [-0.4, -0.2) is 62.6 Å². The van der Waals surface area contributed by atoms with Gasteiger partial charge in [0, 0.05) is 18.2 Å². The maximum atomic E-state index is 12.6. The van der Waals surface area contributed by atoms with Gasteiger partial charge in [-0.05, 0) is 17.7 Å². The fourth-order valence-electron chi connectivity index (χ4n) is 3.06. The summed E-state index contributed by atoms with van der Waals surface area (Å²) in [6.45, 7) is 0.987. The number of aliphatic carboxylic acids is 1. The molecular formula is C18H19N3O7S. The molecule has 3 atom stereocenters. The Bertz CT molecular complexity index is 899. The lowest BCUT2D eigenvalue weighted by Crippen LogP contribution is -2.71. The predicted molar refractivity (Wildman–Crippen MR) is 101 cm³/mol. The van der Waals surface area contributed by atoms with Gasteiger partial charge >= 0.3 is 11.9 Å². The van der Waals surface area contributed by atoms with Crippen LogP contribution in [0.4, 0.5) is 0 Å². The zero-order valence-corrected chi connectivity index (χ0v) is 16.1. The minimum Gasteiger partial charge on any atom is -0.508 e. The SMILES string of the molecule is CC(=O)OCC1=C(C(=O)O)N2C(=O)C(NC(=O)C(N)c3ccc(O)cc3)C2SC1. The van der Waals surface area contributed by atoms with Gasteiger partial charge in [0.1, 0.15) is 35.5 Å². The summed E-state index contributed by atoms with van der Waals surface area (Å²) in [5.41, 5.74) is 6.46. The Labute approximate surface area is 169 Å². The lowest BCUT2D eigenvalue weighted by molar-refractivity contribution is -0.151. The third kappa shape index (κ3) is 4.05. The molecule has 0 aromatic heterocycles. The van der Waals surface area contributed by atoms with Crippen molar-refractivity contribution in [2.75, 3.05) is 12.4 Å². The number of thioether (sulfide) groups is 1. The van der Waals surface area contributed by atoms with E-state index < -0.39 is 41.2 Å². The van der Waals surface area contributed by atoms with Gasteiger partial charge in [0.25, 0.3) is 5.91 Å². The summed E-state index contributed by atoms with van der Waals surface area (Å²) in [5, 5.41) is 20.8. The van der Waals surface area contributed by atoms with Crippen LogP contribution in [0.3, 0.4) is 0 Å². The summed E-state index contributed by atoms with van der Waals surface area (Å²) in [4.78, 5) is 48.8. The Hall–Kier alpha value is -3.05. The number of carbonyl (C=O) groups is 4. The summed E-state index contributed by atoms with van der Waals surface area (Å²) in [5.74, 6) is -2.77. The minimum absolute atomic E-state index is 0.0299. The number of carboxylic acids is 1. The molecule has 29 heavy (non-hydrogen) atoms. The standard InChI is InChI=1S/C18H19N3O7S/c1-8(22)28-6-10-7-29-17-13(16(25)21(17)14(10)18(26)27)20-15(24)12(19)9-2-4-11(23)5-3-9/h2-5,12-13,17,23H,6-7,19H2,1H3,(H,20,24)(H,26,27). The second-order valence-electron chi connectivity index (χ2n) is 6.50. The number of hydrogen-bond donors (Lipinski definition) is 4. The van der Waals surface area contributed by atoms with Crippen molar-refractivity contribution >= 4 is 35.5 Å². The van der Waals surface area contributed by atoms with E-state index >= 15 is 0 Å². The highest BCUT2D eigenvalue weighted by Gasteiger charge is 2.54. The third-order valence-electron chi connectivity index (χ3n) is 4.53. The van der Waals surface area contributed by atoms with Crippen molar-refractivity contribution in [3.05, 3.63) is 41.1 Å². The number of β-lactam (4-membered cyclic amide) rings is 1. The number of fused-ring (bicyclic) bond motifs is 1. The van der Waals surface area contributed by atoms with Crippen LogP contribution in [0.1, 0.15) is 18.5 Å². The molecule has 2 amide bonds. The fourth-order valence-corrected chi connectivity index (χ4v) is 4.39. The van der Waals surface area contributed by atoms with Crippen LogP contribution in [0.5, 0.6) is 5.75 Å². The monoisotopic (exact) mass is 421 g/mol. The van der Waals surface area contributed by atoms with E-state index in [2.05, 4.69) is 5.32 Å². The largest absolute Gasteiger partial charge is 0.508 e. The second kappa shape index (κ2) is 8.13. The Morgan fingerprint density at radius 2 is 2.00 bits per heavy atom. The number of nitrogens with two attached hydrogens (primary N) is 1. The molecule has 2 aliphatic rings. The van der Waals surface area contributed by atoms with E-state index in [1.54, 1.807) is 0 Å². The molecule has 10 nitrogen and oxygen atoms in total. The van der Waals surface area contributed by atoms with E-state index in [-0.39, 0.29) is 23.8 Å². The van der Waals surface area contributed by atoms with Gasteiger partial charge < -0.3 is 26.0 Å². The van der Waals surface area contributed by atoms with E-state index in [0.717, 1.165) is 4.90 Å². The zero-order valence-electron chi connectivity index (χ0n) is 15.3. The molecule has 5 N–H and O–H groups in total. The van der Waals surface area contributed by atoms with Gasteiger partial charge in [-0.2, -0.15) is 0 Å². The quantitative estimate of drug-likeness (QED) is 0.357. The van der Waals surface area contributed by atoms with Gasteiger partial charge in [0.15, 0.2) is 0 Å². The van der Waals surface area contributed by atoms with E-state index in [4.69, 9.17) is 10.5 Å². The fraction of sp³-hybridized carbons (Fsp3) is 0.333. The number of nitrogens with zero attached hydrogens (tertiary/aromatic N) is 1. The zero-order chi connectivity index (χ0) is 21.3. The number of esters is 1. The molecule has 11 heteroatoms. The normalized spacial score (nSPS) is 21.7. The topological polar surface area (TPSA) is 159 Å². The van der Waals surface area contributed by atoms with Crippen LogP contribution in [0, 0.1) is 0 Å². The van der Waals surface area contributed by atoms with Gasteiger partial charge in [-0.1, -0.05) is 12.1 Å².